The molecule has 0 unspecified atom stereocenters. The molecule has 13 nitrogen and oxygen atoms in total. The highest BCUT2D eigenvalue weighted by atomic mass is 16.8. The van der Waals surface area contributed by atoms with Gasteiger partial charge in [0.25, 0.3) is 0 Å². The van der Waals surface area contributed by atoms with Gasteiger partial charge in [0.05, 0.1) is 30.5 Å². The molecule has 0 radical (unpaired) electrons. The fourth-order valence-corrected chi connectivity index (χ4v) is 5.17. The summed E-state index contributed by atoms with van der Waals surface area (Å²) in [6.07, 6.45) is -4.98. The zero-order chi connectivity index (χ0) is 28.5. The number of benzene rings is 1. The summed E-state index contributed by atoms with van der Waals surface area (Å²) < 4.78 is 27.0. The maximum atomic E-state index is 12.2. The van der Waals surface area contributed by atoms with Crippen molar-refractivity contribution in [3.63, 3.8) is 0 Å². The van der Waals surface area contributed by atoms with E-state index in [4.69, 9.17) is 23.7 Å². The second kappa shape index (κ2) is 11.5. The standard InChI is InChI=1S/C26H32O13/c1-26(34)8-7-13-14(23(32)33)10-37-24(19(13)26)39-25-22(31)21(30)20(29)17(38-25)11-36-18(28)6-4-12-3-5-15(27)16(9-12)35-2/h3-6,9-10,13,17,19-22,24-25,27,29-31,34H,7-8,11H2,1-2H3,(H,32,33)/b6-4-/t13-,17-,19-,20-,21+,22-,24+,25+,26+/m1/s1. The lowest BCUT2D eigenvalue weighted by Gasteiger charge is -2.44. The number of aliphatic carboxylic acids is 1. The Morgan fingerprint density at radius 3 is 2.59 bits per heavy atom. The predicted molar refractivity (Wildman–Crippen MR) is 130 cm³/mol. The number of hydrogen-bond donors (Lipinski definition) is 6. The quantitative estimate of drug-likeness (QED) is 0.184. The lowest BCUT2D eigenvalue weighted by Crippen LogP contribution is -2.61. The van der Waals surface area contributed by atoms with E-state index in [-0.39, 0.29) is 23.5 Å². The van der Waals surface area contributed by atoms with Crippen molar-refractivity contribution >= 4 is 18.0 Å². The molecule has 1 saturated heterocycles. The van der Waals surface area contributed by atoms with Crippen LogP contribution in [0.25, 0.3) is 6.08 Å². The molecule has 214 valence electrons. The summed E-state index contributed by atoms with van der Waals surface area (Å²) >= 11 is 0. The Hall–Kier alpha value is -3.20. The second-order valence-electron chi connectivity index (χ2n) is 9.96. The molecule has 39 heavy (non-hydrogen) atoms. The molecular weight excluding hydrogens is 520 g/mol. The summed E-state index contributed by atoms with van der Waals surface area (Å²) in [5, 5.41) is 61.3. The smallest absolute Gasteiger partial charge is 0.334 e. The lowest BCUT2D eigenvalue weighted by molar-refractivity contribution is -0.346. The molecular formula is C26H32O13. The van der Waals surface area contributed by atoms with Crippen LogP contribution in [-0.2, 0) is 28.5 Å². The molecule has 0 bridgehead atoms. The van der Waals surface area contributed by atoms with Crippen molar-refractivity contribution in [2.75, 3.05) is 13.7 Å². The summed E-state index contributed by atoms with van der Waals surface area (Å²) in [6, 6.07) is 4.44. The average molecular weight is 553 g/mol. The summed E-state index contributed by atoms with van der Waals surface area (Å²) in [5.74, 6) is -3.23. The third-order valence-corrected chi connectivity index (χ3v) is 7.32. The number of carboxylic acid groups (broad SMARTS) is 1. The summed E-state index contributed by atoms with van der Waals surface area (Å²) in [6.45, 7) is 1.02. The van der Waals surface area contributed by atoms with Crippen LogP contribution in [0.4, 0.5) is 0 Å². The number of phenols is 1. The van der Waals surface area contributed by atoms with Crippen LogP contribution in [0.3, 0.4) is 0 Å². The highest BCUT2D eigenvalue weighted by molar-refractivity contribution is 5.87. The summed E-state index contributed by atoms with van der Waals surface area (Å²) in [4.78, 5) is 23.9. The van der Waals surface area contributed by atoms with E-state index in [1.54, 1.807) is 6.07 Å². The number of phenolic OH excluding ortho intramolecular Hbond substituents is 1. The van der Waals surface area contributed by atoms with E-state index in [9.17, 15) is 40.2 Å². The molecule has 0 amide bonds. The van der Waals surface area contributed by atoms with Gasteiger partial charge in [0.2, 0.25) is 6.29 Å². The van der Waals surface area contributed by atoms with E-state index in [1.807, 2.05) is 0 Å². The fourth-order valence-electron chi connectivity index (χ4n) is 5.17. The molecule has 9 atom stereocenters. The van der Waals surface area contributed by atoms with E-state index in [0.29, 0.717) is 12.0 Å². The Labute approximate surface area is 223 Å². The third-order valence-electron chi connectivity index (χ3n) is 7.32. The molecule has 2 fully saturated rings. The third kappa shape index (κ3) is 6.03. The van der Waals surface area contributed by atoms with Gasteiger partial charge >= 0.3 is 11.9 Å². The first-order chi connectivity index (χ1) is 18.4. The van der Waals surface area contributed by atoms with Crippen molar-refractivity contribution in [2.24, 2.45) is 11.8 Å². The topological polar surface area (TPSA) is 202 Å². The Kier molecular flexibility index (Phi) is 8.49. The second-order valence-corrected chi connectivity index (χ2v) is 9.96. The first kappa shape index (κ1) is 28.8. The van der Waals surface area contributed by atoms with Crippen molar-refractivity contribution in [1.29, 1.82) is 0 Å². The van der Waals surface area contributed by atoms with Gasteiger partial charge in [-0.25, -0.2) is 9.59 Å². The van der Waals surface area contributed by atoms with Crippen LogP contribution in [0.5, 0.6) is 11.5 Å². The van der Waals surface area contributed by atoms with Crippen molar-refractivity contribution in [2.45, 2.75) is 62.4 Å². The highest BCUT2D eigenvalue weighted by Gasteiger charge is 2.56. The number of rotatable bonds is 8. The number of methoxy groups -OCH3 is 1. The molecule has 13 heteroatoms. The number of carbonyl (C=O) groups is 2. The molecule has 4 rings (SSSR count). The lowest BCUT2D eigenvalue weighted by atomic mass is 9.81. The zero-order valence-electron chi connectivity index (χ0n) is 21.2. The van der Waals surface area contributed by atoms with Crippen LogP contribution in [-0.4, -0.2) is 98.9 Å². The number of carbonyl (C=O) groups excluding carboxylic acids is 1. The van der Waals surface area contributed by atoms with Gasteiger partial charge in [-0.05, 0) is 43.5 Å². The Morgan fingerprint density at radius 2 is 1.90 bits per heavy atom. The predicted octanol–water partition coefficient (Wildman–Crippen LogP) is -0.117. The van der Waals surface area contributed by atoms with Crippen LogP contribution in [0, 0.1) is 11.8 Å². The van der Waals surface area contributed by atoms with E-state index < -0.39 is 73.0 Å². The Balaban J connectivity index is 1.40. The highest BCUT2D eigenvalue weighted by Crippen LogP contribution is 2.49. The van der Waals surface area contributed by atoms with Crippen molar-refractivity contribution in [3.05, 3.63) is 41.7 Å². The molecule has 2 aliphatic heterocycles. The number of esters is 1. The molecule has 1 aliphatic carbocycles. The first-order valence-electron chi connectivity index (χ1n) is 12.3. The summed E-state index contributed by atoms with van der Waals surface area (Å²) in [5.41, 5.74) is -0.816. The Bertz CT molecular complexity index is 1130. The summed E-state index contributed by atoms with van der Waals surface area (Å²) in [7, 11) is 1.38. The minimum atomic E-state index is -1.74. The van der Waals surface area contributed by atoms with Crippen LogP contribution in [0.1, 0.15) is 25.3 Å². The van der Waals surface area contributed by atoms with Gasteiger partial charge in [-0.1, -0.05) is 6.07 Å². The Morgan fingerprint density at radius 1 is 1.15 bits per heavy atom. The van der Waals surface area contributed by atoms with Gasteiger partial charge in [-0.2, -0.15) is 0 Å². The monoisotopic (exact) mass is 552 g/mol. The van der Waals surface area contributed by atoms with Gasteiger partial charge in [-0.3, -0.25) is 0 Å². The maximum Gasteiger partial charge on any atom is 0.334 e. The molecule has 1 aromatic carbocycles. The molecule has 6 N–H and O–H groups in total. The molecule has 2 heterocycles. The normalized spacial score (nSPS) is 36.1. The molecule has 3 aliphatic rings. The number of ether oxygens (including phenoxy) is 5. The van der Waals surface area contributed by atoms with Crippen LogP contribution in [0.2, 0.25) is 0 Å². The first-order valence-corrected chi connectivity index (χ1v) is 12.3. The molecule has 0 aromatic heterocycles. The van der Waals surface area contributed by atoms with Gasteiger partial charge < -0.3 is 54.3 Å². The molecule has 0 spiro atoms. The number of hydrogen-bond acceptors (Lipinski definition) is 12. The van der Waals surface area contributed by atoms with Crippen molar-refractivity contribution in [1.82, 2.24) is 0 Å². The molecule has 1 saturated carbocycles. The average Bonchev–Trinajstić information content (AvgIpc) is 3.23. The van der Waals surface area contributed by atoms with Crippen LogP contribution in [0.15, 0.2) is 36.1 Å². The van der Waals surface area contributed by atoms with Crippen LogP contribution >= 0.6 is 0 Å². The van der Waals surface area contributed by atoms with E-state index >= 15 is 0 Å². The number of aliphatic hydroxyl groups is 4. The SMILES string of the molecule is COc1cc(/C=C\C(=O)OC[C@H]2O[C@@H](O[C@@H]3OC=C(C(=O)O)[C@H]4CC[C@](C)(O)[C@@H]34)[C@H](O)[C@@H](O)[C@@H]2O)ccc1O. The van der Waals surface area contributed by atoms with Crippen LogP contribution < -0.4 is 4.74 Å². The van der Waals surface area contributed by atoms with Gasteiger partial charge in [0.1, 0.15) is 31.0 Å². The molecule has 1 aromatic rings. The van der Waals surface area contributed by atoms with Gasteiger partial charge in [-0.15, -0.1) is 0 Å². The van der Waals surface area contributed by atoms with E-state index in [1.165, 1.54) is 32.2 Å². The van der Waals surface area contributed by atoms with Crippen molar-refractivity contribution < 1.29 is 63.9 Å². The number of fused-ring (bicyclic) bond motifs is 1. The largest absolute Gasteiger partial charge is 0.504 e. The number of aliphatic hydroxyl groups excluding tert-OH is 3. The van der Waals surface area contributed by atoms with Crippen molar-refractivity contribution in [3.8, 4) is 11.5 Å². The van der Waals surface area contributed by atoms with E-state index in [2.05, 4.69) is 0 Å². The minimum Gasteiger partial charge on any atom is -0.504 e. The number of carboxylic acids is 1. The van der Waals surface area contributed by atoms with E-state index in [0.717, 1.165) is 12.3 Å². The minimum absolute atomic E-state index is 0.0122. The van der Waals surface area contributed by atoms with Gasteiger partial charge in [0.15, 0.2) is 17.8 Å². The van der Waals surface area contributed by atoms with Gasteiger partial charge in [0, 0.05) is 12.0 Å². The maximum absolute atomic E-state index is 12.2. The fraction of sp³-hybridized carbons (Fsp3) is 0.538. The number of aromatic hydroxyl groups is 1. The zero-order valence-corrected chi connectivity index (χ0v) is 21.2.